The number of fused-ring (bicyclic) bond motifs is 4. The average Bonchev–Trinajstić information content (AvgIpc) is 3.62. The SMILES string of the molecule is CC(C)[C@@H](OC(=O)N(C)C)C1C[C@@H](C)[C@H]2C(O1)[C@H](O)[C@@]1(C)C3CC[C@H]4C(C)(C)[C@@H](O[C@H]5CNCCO5)CC[C@@]45CC35CC[C@]21C. The Labute approximate surface area is 272 Å². The molecule has 0 aromatic heterocycles. The Hall–Kier alpha value is -0.930. The number of aliphatic hydroxyl groups excluding tert-OH is 1. The van der Waals surface area contributed by atoms with Crippen molar-refractivity contribution in [3.63, 3.8) is 0 Å². The third-order valence-corrected chi connectivity index (χ3v) is 15.6. The molecule has 7 fully saturated rings. The number of ether oxygens (including phenoxy) is 4. The summed E-state index contributed by atoms with van der Waals surface area (Å²) in [7, 11) is 3.46. The number of hydrogen-bond acceptors (Lipinski definition) is 7. The van der Waals surface area contributed by atoms with Gasteiger partial charge in [0.15, 0.2) is 6.29 Å². The third kappa shape index (κ3) is 4.36. The Morgan fingerprint density at radius 2 is 1.73 bits per heavy atom. The van der Waals surface area contributed by atoms with Crippen LogP contribution in [0.4, 0.5) is 4.79 Å². The molecule has 256 valence electrons. The number of nitrogens with zero attached hydrogens (tertiary/aromatic N) is 1. The van der Waals surface area contributed by atoms with E-state index >= 15 is 0 Å². The Morgan fingerprint density at radius 3 is 2.40 bits per heavy atom. The van der Waals surface area contributed by atoms with E-state index in [1.807, 2.05) is 0 Å². The van der Waals surface area contributed by atoms with Gasteiger partial charge in [0.2, 0.25) is 0 Å². The van der Waals surface area contributed by atoms with Crippen LogP contribution >= 0.6 is 0 Å². The van der Waals surface area contributed by atoms with Gasteiger partial charge in [0.05, 0.1) is 31.0 Å². The summed E-state index contributed by atoms with van der Waals surface area (Å²) in [5, 5.41) is 16.0. The van der Waals surface area contributed by atoms with Crippen LogP contribution in [0.25, 0.3) is 0 Å². The molecule has 14 atom stereocenters. The van der Waals surface area contributed by atoms with Gasteiger partial charge in [0, 0.05) is 32.6 Å². The minimum atomic E-state index is -0.518. The minimum Gasteiger partial charge on any atom is -0.443 e. The maximum absolute atomic E-state index is 12.6. The molecular formula is C37H62N2O6. The van der Waals surface area contributed by atoms with Gasteiger partial charge < -0.3 is 34.3 Å². The normalized spacial score (nSPS) is 52.0. The molecule has 7 rings (SSSR count). The van der Waals surface area contributed by atoms with E-state index in [1.54, 1.807) is 14.1 Å². The molecule has 2 heterocycles. The van der Waals surface area contributed by atoms with Crippen LogP contribution in [0.15, 0.2) is 0 Å². The highest BCUT2D eigenvalue weighted by Gasteiger charge is 2.84. The Bertz CT molecular complexity index is 1160. The summed E-state index contributed by atoms with van der Waals surface area (Å²) in [5.41, 5.74) is 0.584. The molecule has 0 aromatic rings. The van der Waals surface area contributed by atoms with Crippen LogP contribution in [0.1, 0.15) is 99.8 Å². The van der Waals surface area contributed by atoms with E-state index < -0.39 is 6.10 Å². The summed E-state index contributed by atoms with van der Waals surface area (Å²) in [4.78, 5) is 14.1. The number of amides is 1. The highest BCUT2D eigenvalue weighted by molar-refractivity contribution is 5.67. The Morgan fingerprint density at radius 1 is 1.02 bits per heavy atom. The van der Waals surface area contributed by atoms with Crippen LogP contribution in [-0.2, 0) is 18.9 Å². The van der Waals surface area contributed by atoms with Gasteiger partial charge in [-0.15, -0.1) is 0 Å². The van der Waals surface area contributed by atoms with Gasteiger partial charge in [-0.3, -0.25) is 0 Å². The van der Waals surface area contributed by atoms with Crippen molar-refractivity contribution in [2.45, 2.75) is 137 Å². The lowest BCUT2D eigenvalue weighted by Gasteiger charge is -2.63. The molecule has 5 saturated carbocycles. The molecule has 0 radical (unpaired) electrons. The lowest BCUT2D eigenvalue weighted by Crippen LogP contribution is -2.60. The zero-order valence-electron chi connectivity index (χ0n) is 29.6. The molecule has 4 unspecified atom stereocenters. The van der Waals surface area contributed by atoms with Crippen LogP contribution < -0.4 is 5.32 Å². The molecule has 2 aliphatic heterocycles. The summed E-state index contributed by atoms with van der Waals surface area (Å²) in [6.45, 7) is 18.9. The first-order valence-corrected chi connectivity index (χ1v) is 18.3. The predicted molar refractivity (Wildman–Crippen MR) is 172 cm³/mol. The minimum absolute atomic E-state index is 0.0167. The summed E-state index contributed by atoms with van der Waals surface area (Å²) in [6, 6.07) is 0. The van der Waals surface area contributed by atoms with Gasteiger partial charge in [-0.1, -0.05) is 48.5 Å². The van der Waals surface area contributed by atoms with E-state index in [0.29, 0.717) is 34.5 Å². The summed E-state index contributed by atoms with van der Waals surface area (Å²) < 4.78 is 25.7. The molecule has 0 aromatic carbocycles. The second kappa shape index (κ2) is 10.8. The van der Waals surface area contributed by atoms with Crippen molar-refractivity contribution in [2.24, 2.45) is 56.7 Å². The highest BCUT2D eigenvalue weighted by atomic mass is 16.7. The molecule has 2 saturated heterocycles. The molecule has 45 heavy (non-hydrogen) atoms. The number of rotatable bonds is 5. The van der Waals surface area contributed by atoms with Gasteiger partial charge >= 0.3 is 6.09 Å². The van der Waals surface area contributed by atoms with Gasteiger partial charge in [-0.2, -0.15) is 0 Å². The van der Waals surface area contributed by atoms with Crippen LogP contribution in [0.3, 0.4) is 0 Å². The van der Waals surface area contributed by atoms with E-state index in [9.17, 15) is 9.90 Å². The molecule has 8 nitrogen and oxygen atoms in total. The number of morpholine rings is 1. The molecule has 2 spiro atoms. The summed E-state index contributed by atoms with van der Waals surface area (Å²) in [5.74, 6) is 1.96. The number of aliphatic hydroxyl groups is 1. The van der Waals surface area contributed by atoms with Crippen molar-refractivity contribution in [1.82, 2.24) is 10.2 Å². The zero-order chi connectivity index (χ0) is 32.3. The van der Waals surface area contributed by atoms with Crippen LogP contribution in [0.2, 0.25) is 0 Å². The summed E-state index contributed by atoms with van der Waals surface area (Å²) in [6.07, 6.45) is 7.83. The Balaban J connectivity index is 1.14. The first-order valence-electron chi connectivity index (χ1n) is 18.3. The third-order valence-electron chi connectivity index (χ3n) is 15.6. The molecular weight excluding hydrogens is 568 g/mol. The van der Waals surface area contributed by atoms with E-state index in [2.05, 4.69) is 53.8 Å². The maximum Gasteiger partial charge on any atom is 0.409 e. The quantitative estimate of drug-likeness (QED) is 0.394. The van der Waals surface area contributed by atoms with Crippen molar-refractivity contribution in [3.05, 3.63) is 0 Å². The van der Waals surface area contributed by atoms with E-state index in [4.69, 9.17) is 18.9 Å². The van der Waals surface area contributed by atoms with Gasteiger partial charge in [0.1, 0.15) is 6.10 Å². The van der Waals surface area contributed by atoms with Gasteiger partial charge in [0.25, 0.3) is 0 Å². The number of nitrogens with one attached hydrogen (secondary N) is 1. The van der Waals surface area contributed by atoms with Crippen LogP contribution in [-0.4, -0.2) is 86.7 Å². The first kappa shape index (κ1) is 32.6. The predicted octanol–water partition coefficient (Wildman–Crippen LogP) is 5.85. The molecule has 8 heteroatoms. The topological polar surface area (TPSA) is 89.5 Å². The average molecular weight is 631 g/mol. The smallest absolute Gasteiger partial charge is 0.409 e. The Kier molecular flexibility index (Phi) is 7.82. The largest absolute Gasteiger partial charge is 0.443 e. The molecule has 5 aliphatic carbocycles. The van der Waals surface area contributed by atoms with Crippen molar-refractivity contribution in [2.75, 3.05) is 33.8 Å². The standard InChI is InChI=1S/C37H62N2O6/c1-21(2)29(45-32(41)39(8)9)23-18-22(3)28-30(43-23)31(40)35(7)25-11-10-24-33(4,5)26(44-27-19-38-16-17-42-27)12-13-36(24)20-37(25,36)15-14-34(28,35)6/h21-31,38,40H,10-20H2,1-9H3/t22-,23?,24+,25?,26+,27+,28+,29-,30?,31+,34-,35-,36-,37?/m1/s1. The van der Waals surface area contributed by atoms with Crippen molar-refractivity contribution in [1.29, 1.82) is 0 Å². The molecule has 2 N–H and O–H groups in total. The van der Waals surface area contributed by atoms with E-state index in [1.165, 1.54) is 37.0 Å². The molecule has 1 amide bonds. The first-order chi connectivity index (χ1) is 21.1. The second-order valence-corrected chi connectivity index (χ2v) is 18.2. The monoisotopic (exact) mass is 630 g/mol. The number of carbonyl (C=O) groups excluding carboxylic acids is 1. The summed E-state index contributed by atoms with van der Waals surface area (Å²) >= 11 is 0. The fraction of sp³-hybridized carbons (Fsp3) is 0.973. The van der Waals surface area contributed by atoms with Crippen LogP contribution in [0.5, 0.6) is 0 Å². The number of hydrogen-bond donors (Lipinski definition) is 2. The van der Waals surface area contributed by atoms with Gasteiger partial charge in [-0.05, 0) is 103 Å². The second-order valence-electron chi connectivity index (χ2n) is 18.2. The lowest BCUT2D eigenvalue weighted by atomic mass is 9.41. The molecule has 7 aliphatic rings. The van der Waals surface area contributed by atoms with E-state index in [-0.39, 0.29) is 59.0 Å². The van der Waals surface area contributed by atoms with Gasteiger partial charge in [-0.25, -0.2) is 4.79 Å². The zero-order valence-corrected chi connectivity index (χ0v) is 29.6. The maximum atomic E-state index is 12.6. The highest BCUT2D eigenvalue weighted by Crippen LogP contribution is 2.89. The fourth-order valence-corrected chi connectivity index (χ4v) is 13.4. The van der Waals surface area contributed by atoms with Crippen LogP contribution in [0, 0.1) is 56.7 Å². The fourth-order valence-electron chi connectivity index (χ4n) is 13.4. The van der Waals surface area contributed by atoms with E-state index in [0.717, 1.165) is 39.0 Å². The van der Waals surface area contributed by atoms with Crippen molar-refractivity contribution < 1.29 is 28.8 Å². The number of carbonyl (C=O) groups is 1. The van der Waals surface area contributed by atoms with Crippen molar-refractivity contribution >= 4 is 6.09 Å². The molecule has 0 bridgehead atoms. The van der Waals surface area contributed by atoms with Crippen molar-refractivity contribution in [3.8, 4) is 0 Å². The lowest BCUT2D eigenvalue weighted by molar-refractivity contribution is -0.237.